The Hall–Kier alpha value is -1.69. The fourth-order valence-electron chi connectivity index (χ4n) is 3.03. The van der Waals surface area contributed by atoms with E-state index in [2.05, 4.69) is 27.4 Å². The molecule has 1 aromatic rings. The zero-order chi connectivity index (χ0) is 18.1. The van der Waals surface area contributed by atoms with Crippen LogP contribution < -0.4 is 10.6 Å². The minimum Gasteiger partial charge on any atom is -0.356 e. The van der Waals surface area contributed by atoms with Gasteiger partial charge in [-0.1, -0.05) is 6.92 Å². The lowest BCUT2D eigenvalue weighted by Crippen LogP contribution is -2.38. The SMILES string of the molecule is CN=C(NCCCCN1CCC(C)CC1)NCc1cc(F)ccc1F. The van der Waals surface area contributed by atoms with Gasteiger partial charge in [0.2, 0.25) is 0 Å². The zero-order valence-corrected chi connectivity index (χ0v) is 15.3. The van der Waals surface area contributed by atoms with Crippen molar-refractivity contribution < 1.29 is 8.78 Å². The van der Waals surface area contributed by atoms with E-state index in [9.17, 15) is 8.78 Å². The van der Waals surface area contributed by atoms with Crippen LogP contribution in [0.2, 0.25) is 0 Å². The van der Waals surface area contributed by atoms with Crippen molar-refractivity contribution in [3.8, 4) is 0 Å². The maximum Gasteiger partial charge on any atom is 0.191 e. The third kappa shape index (κ3) is 6.98. The van der Waals surface area contributed by atoms with Crippen molar-refractivity contribution in [2.45, 2.75) is 39.2 Å². The Balaban J connectivity index is 1.61. The Labute approximate surface area is 149 Å². The summed E-state index contributed by atoms with van der Waals surface area (Å²) in [5.74, 6) is 0.624. The minimum atomic E-state index is -0.437. The predicted octanol–water partition coefficient (Wildman–Crippen LogP) is 3.14. The summed E-state index contributed by atoms with van der Waals surface area (Å²) >= 11 is 0. The highest BCUT2D eigenvalue weighted by molar-refractivity contribution is 5.79. The molecule has 4 nitrogen and oxygen atoms in total. The van der Waals surface area contributed by atoms with Crippen LogP contribution in [-0.2, 0) is 6.54 Å². The molecule has 6 heteroatoms. The molecule has 25 heavy (non-hydrogen) atoms. The van der Waals surface area contributed by atoms with E-state index in [0.717, 1.165) is 44.0 Å². The number of likely N-dealkylation sites (tertiary alicyclic amines) is 1. The summed E-state index contributed by atoms with van der Waals surface area (Å²) in [4.78, 5) is 6.66. The average Bonchev–Trinajstić information content (AvgIpc) is 2.61. The minimum absolute atomic E-state index is 0.204. The Bertz CT molecular complexity index is 554. The highest BCUT2D eigenvalue weighted by Crippen LogP contribution is 2.16. The van der Waals surface area contributed by atoms with E-state index in [1.807, 2.05) is 0 Å². The van der Waals surface area contributed by atoms with Crippen LogP contribution >= 0.6 is 0 Å². The van der Waals surface area contributed by atoms with Gasteiger partial charge in [-0.25, -0.2) is 8.78 Å². The molecule has 2 rings (SSSR count). The van der Waals surface area contributed by atoms with Crippen molar-refractivity contribution in [1.29, 1.82) is 0 Å². The van der Waals surface area contributed by atoms with Gasteiger partial charge < -0.3 is 15.5 Å². The third-order valence-corrected chi connectivity index (χ3v) is 4.75. The molecule has 0 atom stereocenters. The molecule has 0 bridgehead atoms. The van der Waals surface area contributed by atoms with Gasteiger partial charge in [0, 0.05) is 25.7 Å². The van der Waals surface area contributed by atoms with Crippen LogP contribution in [0.3, 0.4) is 0 Å². The number of halogens is 2. The van der Waals surface area contributed by atoms with Crippen LogP contribution in [0.1, 0.15) is 38.2 Å². The molecule has 1 aromatic carbocycles. The highest BCUT2D eigenvalue weighted by Gasteiger charge is 2.14. The van der Waals surface area contributed by atoms with Gasteiger partial charge in [0.15, 0.2) is 5.96 Å². The zero-order valence-electron chi connectivity index (χ0n) is 15.3. The number of aliphatic imine (C=N–C) groups is 1. The van der Waals surface area contributed by atoms with Crippen LogP contribution in [0.25, 0.3) is 0 Å². The quantitative estimate of drug-likeness (QED) is 0.450. The van der Waals surface area contributed by atoms with E-state index in [0.29, 0.717) is 11.5 Å². The largest absolute Gasteiger partial charge is 0.356 e. The number of unbranched alkanes of at least 4 members (excludes halogenated alkanes) is 1. The molecule has 1 heterocycles. The third-order valence-electron chi connectivity index (χ3n) is 4.75. The molecule has 140 valence electrons. The fourth-order valence-corrected chi connectivity index (χ4v) is 3.03. The second-order valence-corrected chi connectivity index (χ2v) is 6.82. The maximum atomic E-state index is 13.6. The molecule has 1 saturated heterocycles. The van der Waals surface area contributed by atoms with Crippen molar-refractivity contribution >= 4 is 5.96 Å². The molecule has 0 saturated carbocycles. The molecular weight excluding hydrogens is 322 g/mol. The number of guanidine groups is 1. The molecule has 0 amide bonds. The topological polar surface area (TPSA) is 39.7 Å². The normalized spacial score (nSPS) is 16.9. The van der Waals surface area contributed by atoms with Gasteiger partial charge in [0.05, 0.1) is 0 Å². The van der Waals surface area contributed by atoms with Crippen LogP contribution in [-0.4, -0.2) is 44.1 Å². The smallest absolute Gasteiger partial charge is 0.191 e. The molecule has 0 unspecified atom stereocenters. The Morgan fingerprint density at radius 1 is 1.20 bits per heavy atom. The number of rotatable bonds is 7. The van der Waals surface area contributed by atoms with E-state index < -0.39 is 11.6 Å². The van der Waals surface area contributed by atoms with Gasteiger partial charge in [-0.3, -0.25) is 4.99 Å². The van der Waals surface area contributed by atoms with E-state index >= 15 is 0 Å². The lowest BCUT2D eigenvalue weighted by molar-refractivity contribution is 0.189. The molecule has 1 aliphatic rings. The van der Waals surface area contributed by atoms with Gasteiger partial charge in [0.1, 0.15) is 11.6 Å². The van der Waals surface area contributed by atoms with Crippen LogP contribution in [0.15, 0.2) is 23.2 Å². The van der Waals surface area contributed by atoms with Gasteiger partial charge in [-0.05, 0) is 69.4 Å². The van der Waals surface area contributed by atoms with Crippen molar-refractivity contribution in [3.05, 3.63) is 35.4 Å². The number of benzene rings is 1. The Kier molecular flexibility index (Phi) is 8.12. The molecule has 0 aliphatic carbocycles. The second-order valence-electron chi connectivity index (χ2n) is 6.82. The van der Waals surface area contributed by atoms with Gasteiger partial charge in [-0.2, -0.15) is 0 Å². The summed E-state index contributed by atoms with van der Waals surface area (Å²) in [6.07, 6.45) is 4.83. The summed E-state index contributed by atoms with van der Waals surface area (Å²) in [7, 11) is 1.67. The fraction of sp³-hybridized carbons (Fsp3) is 0.632. The van der Waals surface area contributed by atoms with Crippen molar-refractivity contribution in [1.82, 2.24) is 15.5 Å². The Morgan fingerprint density at radius 3 is 2.68 bits per heavy atom. The van der Waals surface area contributed by atoms with Crippen LogP contribution in [0.4, 0.5) is 8.78 Å². The van der Waals surface area contributed by atoms with Gasteiger partial charge >= 0.3 is 0 Å². The van der Waals surface area contributed by atoms with Gasteiger partial charge in [-0.15, -0.1) is 0 Å². The van der Waals surface area contributed by atoms with E-state index in [1.165, 1.54) is 32.0 Å². The highest BCUT2D eigenvalue weighted by atomic mass is 19.1. The standard InChI is InChI=1S/C19H30F2N4/c1-15-7-11-25(12-8-15)10-4-3-9-23-19(22-2)24-14-16-13-17(20)5-6-18(16)21/h5-6,13,15H,3-4,7-12,14H2,1-2H3,(H2,22,23,24). The number of piperidine rings is 1. The maximum absolute atomic E-state index is 13.6. The van der Waals surface area contributed by atoms with Gasteiger partial charge in [0.25, 0.3) is 0 Å². The van der Waals surface area contributed by atoms with Crippen LogP contribution in [0.5, 0.6) is 0 Å². The summed E-state index contributed by atoms with van der Waals surface area (Å²) in [6.45, 7) is 6.93. The molecule has 2 N–H and O–H groups in total. The number of hydrogen-bond donors (Lipinski definition) is 2. The lowest BCUT2D eigenvalue weighted by atomic mass is 9.99. The summed E-state index contributed by atoms with van der Waals surface area (Å²) in [6, 6.07) is 3.47. The van der Waals surface area contributed by atoms with Crippen molar-refractivity contribution in [2.75, 3.05) is 33.2 Å². The molecule has 1 aliphatic heterocycles. The molecule has 0 aromatic heterocycles. The first-order chi connectivity index (χ1) is 12.1. The predicted molar refractivity (Wildman–Crippen MR) is 98.6 cm³/mol. The van der Waals surface area contributed by atoms with E-state index in [1.54, 1.807) is 7.05 Å². The number of nitrogens with zero attached hydrogens (tertiary/aromatic N) is 2. The second kappa shape index (κ2) is 10.3. The lowest BCUT2D eigenvalue weighted by Gasteiger charge is -2.30. The van der Waals surface area contributed by atoms with Crippen molar-refractivity contribution in [2.24, 2.45) is 10.9 Å². The summed E-state index contributed by atoms with van der Waals surface area (Å²) < 4.78 is 26.8. The molecule has 0 spiro atoms. The number of nitrogens with one attached hydrogen (secondary N) is 2. The van der Waals surface area contributed by atoms with E-state index in [-0.39, 0.29) is 6.54 Å². The first-order valence-corrected chi connectivity index (χ1v) is 9.19. The first-order valence-electron chi connectivity index (χ1n) is 9.19. The van der Waals surface area contributed by atoms with Crippen molar-refractivity contribution in [3.63, 3.8) is 0 Å². The summed E-state index contributed by atoms with van der Waals surface area (Å²) in [5.41, 5.74) is 0.294. The first kappa shape index (κ1) is 19.6. The molecule has 1 fully saturated rings. The Morgan fingerprint density at radius 2 is 1.96 bits per heavy atom. The average molecular weight is 352 g/mol. The molecular formula is C19H30F2N4. The number of hydrogen-bond acceptors (Lipinski definition) is 2. The summed E-state index contributed by atoms with van der Waals surface area (Å²) in [5, 5.41) is 6.24. The van der Waals surface area contributed by atoms with Crippen LogP contribution in [0, 0.1) is 17.6 Å². The molecule has 0 radical (unpaired) electrons. The van der Waals surface area contributed by atoms with E-state index in [4.69, 9.17) is 0 Å². The monoisotopic (exact) mass is 352 g/mol.